The van der Waals surface area contributed by atoms with Gasteiger partial charge < -0.3 is 14.8 Å². The summed E-state index contributed by atoms with van der Waals surface area (Å²) < 4.78 is 2.00. The second kappa shape index (κ2) is 9.50. The Morgan fingerprint density at radius 1 is 1.07 bits per heavy atom. The average Bonchev–Trinajstić information content (AvgIpc) is 2.87. The van der Waals surface area contributed by atoms with Crippen molar-refractivity contribution in [3.63, 3.8) is 0 Å². The van der Waals surface area contributed by atoms with E-state index in [1.165, 1.54) is 0 Å². The number of aryl methyl sites for hydroxylation is 2. The molecular formula is C21H29N3O4. The quantitative estimate of drug-likeness (QED) is 0.579. The summed E-state index contributed by atoms with van der Waals surface area (Å²) >= 11 is 0. The molecule has 0 spiro atoms. The molecule has 0 fully saturated rings. The van der Waals surface area contributed by atoms with Crippen molar-refractivity contribution in [1.82, 2.24) is 14.9 Å². The molecule has 2 atom stereocenters. The number of carboxylic acids is 2. The minimum absolute atomic E-state index is 0.135. The van der Waals surface area contributed by atoms with E-state index < -0.39 is 24.0 Å². The molecule has 1 aromatic carbocycles. The van der Waals surface area contributed by atoms with E-state index in [2.05, 4.69) is 10.3 Å². The minimum Gasteiger partial charge on any atom is -0.480 e. The number of carbonyl (C=O) groups is 2. The van der Waals surface area contributed by atoms with Gasteiger partial charge in [-0.1, -0.05) is 44.2 Å². The molecule has 7 heteroatoms. The zero-order valence-electron chi connectivity index (χ0n) is 16.8. The smallest absolute Gasteiger partial charge is 0.321 e. The van der Waals surface area contributed by atoms with Crippen LogP contribution in [-0.2, 0) is 22.6 Å². The molecule has 0 radical (unpaired) electrons. The topological polar surface area (TPSA) is 104 Å². The molecule has 1 heterocycles. The van der Waals surface area contributed by atoms with Gasteiger partial charge in [0.2, 0.25) is 0 Å². The Labute approximate surface area is 165 Å². The molecule has 0 amide bonds. The third-order valence-electron chi connectivity index (χ3n) is 4.75. The highest BCUT2D eigenvalue weighted by molar-refractivity contribution is 5.77. The highest BCUT2D eigenvalue weighted by Crippen LogP contribution is 2.17. The molecule has 152 valence electrons. The Balaban J connectivity index is 2.27. The Kier molecular flexibility index (Phi) is 7.34. The van der Waals surface area contributed by atoms with E-state index in [0.717, 1.165) is 22.8 Å². The van der Waals surface area contributed by atoms with Crippen molar-refractivity contribution in [2.75, 3.05) is 0 Å². The molecule has 1 aromatic heterocycles. The Morgan fingerprint density at radius 3 is 2.21 bits per heavy atom. The molecule has 7 nitrogen and oxygen atoms in total. The van der Waals surface area contributed by atoms with Crippen LogP contribution in [0.1, 0.15) is 43.0 Å². The van der Waals surface area contributed by atoms with Crippen LogP contribution in [0.5, 0.6) is 0 Å². The zero-order valence-corrected chi connectivity index (χ0v) is 16.8. The molecule has 2 rings (SSSR count). The van der Waals surface area contributed by atoms with Gasteiger partial charge in [-0.15, -0.1) is 0 Å². The third-order valence-corrected chi connectivity index (χ3v) is 4.75. The van der Waals surface area contributed by atoms with Crippen LogP contribution in [0.2, 0.25) is 0 Å². The molecule has 0 aliphatic rings. The lowest BCUT2D eigenvalue weighted by Gasteiger charge is -2.22. The van der Waals surface area contributed by atoms with Crippen molar-refractivity contribution in [3.05, 3.63) is 53.1 Å². The van der Waals surface area contributed by atoms with Crippen LogP contribution < -0.4 is 5.32 Å². The van der Waals surface area contributed by atoms with Gasteiger partial charge in [-0.2, -0.15) is 0 Å². The molecule has 2 unspecified atom stereocenters. The predicted molar refractivity (Wildman–Crippen MR) is 106 cm³/mol. The second-order valence-electron chi connectivity index (χ2n) is 7.54. The summed E-state index contributed by atoms with van der Waals surface area (Å²) in [5.41, 5.74) is 2.65. The van der Waals surface area contributed by atoms with Gasteiger partial charge in [0.25, 0.3) is 0 Å². The van der Waals surface area contributed by atoms with E-state index >= 15 is 0 Å². The van der Waals surface area contributed by atoms with Gasteiger partial charge >= 0.3 is 11.9 Å². The van der Waals surface area contributed by atoms with Crippen LogP contribution in [0.25, 0.3) is 0 Å². The van der Waals surface area contributed by atoms with E-state index in [1.54, 1.807) is 0 Å². The Morgan fingerprint density at radius 2 is 1.68 bits per heavy atom. The van der Waals surface area contributed by atoms with Crippen molar-refractivity contribution in [1.29, 1.82) is 0 Å². The summed E-state index contributed by atoms with van der Waals surface area (Å²) in [7, 11) is 0. The first-order chi connectivity index (χ1) is 13.2. The standard InChI is InChI=1S/C21H29N3O4/c1-13(2)10-17(20(25)26)23-18(21(27)28)11-19-14(3)22-15(4)24(19)12-16-8-6-5-7-9-16/h5-9,13,17-18,23H,10-12H2,1-4H3,(H,25,26)(H,27,28). The van der Waals surface area contributed by atoms with E-state index in [1.807, 2.05) is 62.6 Å². The van der Waals surface area contributed by atoms with Gasteiger partial charge in [0.1, 0.15) is 17.9 Å². The first-order valence-electron chi connectivity index (χ1n) is 9.47. The fourth-order valence-electron chi connectivity index (χ4n) is 3.36. The van der Waals surface area contributed by atoms with E-state index in [-0.39, 0.29) is 12.3 Å². The summed E-state index contributed by atoms with van der Waals surface area (Å²) in [6.45, 7) is 8.15. The van der Waals surface area contributed by atoms with Crippen molar-refractivity contribution in [2.24, 2.45) is 5.92 Å². The lowest BCUT2D eigenvalue weighted by molar-refractivity contribution is -0.142. The fourth-order valence-corrected chi connectivity index (χ4v) is 3.36. The lowest BCUT2D eigenvalue weighted by Crippen LogP contribution is -2.49. The summed E-state index contributed by atoms with van der Waals surface area (Å²) in [6.07, 6.45) is 0.525. The molecule has 0 bridgehead atoms. The van der Waals surface area contributed by atoms with Crippen molar-refractivity contribution < 1.29 is 19.8 Å². The minimum atomic E-state index is -1.07. The van der Waals surface area contributed by atoms with Crippen LogP contribution in [0.3, 0.4) is 0 Å². The SMILES string of the molecule is Cc1nc(C)n(Cc2ccccc2)c1CC(NC(CC(C)C)C(=O)O)C(=O)O. The zero-order chi connectivity index (χ0) is 20.8. The fraction of sp³-hybridized carbons (Fsp3) is 0.476. The molecule has 28 heavy (non-hydrogen) atoms. The largest absolute Gasteiger partial charge is 0.480 e. The van der Waals surface area contributed by atoms with Crippen LogP contribution in [-0.4, -0.2) is 43.8 Å². The Hall–Kier alpha value is -2.67. The number of rotatable bonds is 10. The van der Waals surface area contributed by atoms with Crippen LogP contribution in [0.15, 0.2) is 30.3 Å². The van der Waals surface area contributed by atoms with E-state index in [4.69, 9.17) is 0 Å². The van der Waals surface area contributed by atoms with Gasteiger partial charge in [-0.05, 0) is 31.7 Å². The number of aliphatic carboxylic acids is 2. The number of nitrogens with zero attached hydrogens (tertiary/aromatic N) is 2. The Bertz CT molecular complexity index is 815. The molecule has 0 saturated carbocycles. The maximum atomic E-state index is 11.9. The van der Waals surface area contributed by atoms with Gasteiger partial charge in [-0.25, -0.2) is 4.98 Å². The van der Waals surface area contributed by atoms with Crippen LogP contribution in [0.4, 0.5) is 0 Å². The van der Waals surface area contributed by atoms with E-state index in [9.17, 15) is 19.8 Å². The highest BCUT2D eigenvalue weighted by atomic mass is 16.4. The van der Waals surface area contributed by atoms with Gasteiger partial charge in [-0.3, -0.25) is 14.9 Å². The van der Waals surface area contributed by atoms with Crippen molar-refractivity contribution >= 4 is 11.9 Å². The number of imidazole rings is 1. The molecule has 3 N–H and O–H groups in total. The second-order valence-corrected chi connectivity index (χ2v) is 7.54. The predicted octanol–water partition coefficient (Wildman–Crippen LogP) is 2.63. The summed E-state index contributed by atoms with van der Waals surface area (Å²) in [4.78, 5) is 27.9. The monoisotopic (exact) mass is 387 g/mol. The molecule has 0 saturated heterocycles. The van der Waals surface area contributed by atoms with Crippen molar-refractivity contribution in [3.8, 4) is 0 Å². The van der Waals surface area contributed by atoms with E-state index in [0.29, 0.717) is 13.0 Å². The van der Waals surface area contributed by atoms with Crippen LogP contribution in [0, 0.1) is 19.8 Å². The first-order valence-corrected chi connectivity index (χ1v) is 9.47. The molecule has 2 aromatic rings. The number of benzene rings is 1. The third kappa shape index (κ3) is 5.66. The van der Waals surface area contributed by atoms with Gasteiger partial charge in [0.05, 0.1) is 5.69 Å². The maximum Gasteiger partial charge on any atom is 0.321 e. The molecule has 0 aliphatic carbocycles. The van der Waals surface area contributed by atoms with Crippen LogP contribution >= 0.6 is 0 Å². The first kappa shape index (κ1) is 21.6. The number of nitrogens with one attached hydrogen (secondary N) is 1. The number of aromatic nitrogens is 2. The highest BCUT2D eigenvalue weighted by Gasteiger charge is 2.28. The number of carboxylic acid groups (broad SMARTS) is 2. The molecular weight excluding hydrogens is 358 g/mol. The number of hydrogen-bond donors (Lipinski definition) is 3. The van der Waals surface area contributed by atoms with Gasteiger partial charge in [0, 0.05) is 18.7 Å². The number of hydrogen-bond acceptors (Lipinski definition) is 4. The summed E-state index contributed by atoms with van der Waals surface area (Å²) in [5, 5.41) is 22.0. The lowest BCUT2D eigenvalue weighted by atomic mass is 10.0. The van der Waals surface area contributed by atoms with Crippen molar-refractivity contribution in [2.45, 2.75) is 59.2 Å². The molecule has 0 aliphatic heterocycles. The summed E-state index contributed by atoms with van der Waals surface area (Å²) in [5.74, 6) is -1.17. The maximum absolute atomic E-state index is 11.9. The normalized spacial score (nSPS) is 13.5. The average molecular weight is 387 g/mol. The van der Waals surface area contributed by atoms with Gasteiger partial charge in [0.15, 0.2) is 0 Å². The summed E-state index contributed by atoms with van der Waals surface area (Å²) in [6, 6.07) is 7.96.